The summed E-state index contributed by atoms with van der Waals surface area (Å²) >= 11 is 0. The minimum Gasteiger partial charge on any atom is -0.379 e. The van der Waals surface area contributed by atoms with Gasteiger partial charge >= 0.3 is 0 Å². The molecule has 13 heavy (non-hydrogen) atoms. The second-order valence-corrected chi connectivity index (χ2v) is 3.22. The molecule has 78 valence electrons. The Hall–Kier alpha value is -0.240. The van der Waals surface area contributed by atoms with E-state index < -0.39 is 12.0 Å². The molecule has 1 fully saturated rings. The molecule has 1 rings (SSSR count). The van der Waals surface area contributed by atoms with E-state index in [4.69, 9.17) is 16.2 Å². The van der Waals surface area contributed by atoms with Gasteiger partial charge in [-0.25, -0.2) is 0 Å². The molecule has 0 amide bonds. The number of rotatable bonds is 3. The maximum Gasteiger partial charge on any atom is 0.165 e. The highest BCUT2D eigenvalue weighted by molar-refractivity contribution is 4.82. The molecule has 6 nitrogen and oxygen atoms in total. The Bertz CT molecular complexity index is 159. The van der Waals surface area contributed by atoms with E-state index in [1.165, 1.54) is 0 Å². The molecule has 0 radical (unpaired) electrons. The molecule has 1 aliphatic rings. The third kappa shape index (κ3) is 2.60. The van der Waals surface area contributed by atoms with Gasteiger partial charge in [0, 0.05) is 19.6 Å². The lowest BCUT2D eigenvalue weighted by Gasteiger charge is -2.38. The maximum absolute atomic E-state index is 9.62. The Balaban J connectivity index is 2.49. The molecule has 0 spiro atoms. The van der Waals surface area contributed by atoms with Crippen molar-refractivity contribution in [3.8, 4) is 0 Å². The summed E-state index contributed by atoms with van der Waals surface area (Å²) in [6.07, 6.45) is -1.12. The minimum atomic E-state index is -1.74. The maximum atomic E-state index is 9.62. The Kier molecular flexibility index (Phi) is 3.60. The van der Waals surface area contributed by atoms with Crippen molar-refractivity contribution in [3.05, 3.63) is 0 Å². The van der Waals surface area contributed by atoms with Crippen LogP contribution in [0, 0.1) is 0 Å². The number of aliphatic hydroxyl groups is 2. The molecular weight excluding hydrogens is 174 g/mol. The summed E-state index contributed by atoms with van der Waals surface area (Å²) in [4.78, 5) is 1.65. The van der Waals surface area contributed by atoms with Gasteiger partial charge in [-0.3, -0.25) is 10.6 Å². The monoisotopic (exact) mass is 191 g/mol. The van der Waals surface area contributed by atoms with Gasteiger partial charge in [0.1, 0.15) is 0 Å². The summed E-state index contributed by atoms with van der Waals surface area (Å²) in [5.41, 5.74) is 8.87. The molecule has 6 N–H and O–H groups in total. The largest absolute Gasteiger partial charge is 0.379 e. The van der Waals surface area contributed by atoms with Crippen LogP contribution in [-0.4, -0.2) is 59.9 Å². The van der Waals surface area contributed by atoms with Crippen LogP contribution < -0.4 is 11.5 Å². The van der Waals surface area contributed by atoms with Crippen LogP contribution in [-0.2, 0) is 4.74 Å². The van der Waals surface area contributed by atoms with Crippen molar-refractivity contribution in [2.24, 2.45) is 11.5 Å². The second-order valence-electron chi connectivity index (χ2n) is 3.22. The first-order chi connectivity index (χ1) is 6.08. The Labute approximate surface area is 77.1 Å². The van der Waals surface area contributed by atoms with Crippen LogP contribution in [0.4, 0.5) is 0 Å². The van der Waals surface area contributed by atoms with E-state index in [9.17, 15) is 10.2 Å². The second kappa shape index (κ2) is 4.32. The zero-order chi connectivity index (χ0) is 9.90. The third-order valence-electron chi connectivity index (χ3n) is 2.17. The van der Waals surface area contributed by atoms with Gasteiger partial charge in [-0.05, 0) is 0 Å². The molecule has 1 heterocycles. The van der Waals surface area contributed by atoms with Crippen molar-refractivity contribution in [1.29, 1.82) is 0 Å². The van der Waals surface area contributed by atoms with Crippen molar-refractivity contribution in [1.82, 2.24) is 4.90 Å². The number of aliphatic hydroxyl groups excluding tert-OH is 1. The van der Waals surface area contributed by atoms with E-state index in [1.54, 1.807) is 4.90 Å². The van der Waals surface area contributed by atoms with Crippen molar-refractivity contribution in [2.75, 3.05) is 32.8 Å². The topological polar surface area (TPSA) is 105 Å². The van der Waals surface area contributed by atoms with Crippen LogP contribution in [0.2, 0.25) is 0 Å². The quantitative estimate of drug-likeness (QED) is 0.360. The smallest absolute Gasteiger partial charge is 0.165 e. The van der Waals surface area contributed by atoms with Crippen LogP contribution in [0.25, 0.3) is 0 Å². The van der Waals surface area contributed by atoms with Crippen LogP contribution in [0.3, 0.4) is 0 Å². The van der Waals surface area contributed by atoms with Crippen molar-refractivity contribution in [2.45, 2.75) is 12.0 Å². The van der Waals surface area contributed by atoms with Crippen molar-refractivity contribution in [3.63, 3.8) is 0 Å². The number of nitrogens with zero attached hydrogens (tertiary/aromatic N) is 1. The average Bonchev–Trinajstić information content (AvgIpc) is 2.18. The summed E-state index contributed by atoms with van der Waals surface area (Å²) in [6.45, 7) is 2.02. The van der Waals surface area contributed by atoms with Gasteiger partial charge in [-0.1, -0.05) is 0 Å². The number of hydrogen-bond acceptors (Lipinski definition) is 6. The molecule has 0 bridgehead atoms. The van der Waals surface area contributed by atoms with Gasteiger partial charge < -0.3 is 20.7 Å². The molecule has 2 atom stereocenters. The van der Waals surface area contributed by atoms with E-state index in [0.717, 1.165) is 0 Å². The van der Waals surface area contributed by atoms with Gasteiger partial charge in [0.05, 0.1) is 13.2 Å². The Morgan fingerprint density at radius 2 is 2.00 bits per heavy atom. The lowest BCUT2D eigenvalue weighted by Crippen LogP contribution is -2.64. The molecule has 6 heteroatoms. The zero-order valence-corrected chi connectivity index (χ0v) is 7.52. The SMILES string of the molecule is NCC(N)(O)C(O)N1CCOCC1. The molecule has 0 aliphatic carbocycles. The molecule has 2 unspecified atom stereocenters. The Morgan fingerprint density at radius 3 is 2.46 bits per heavy atom. The summed E-state index contributed by atoms with van der Waals surface area (Å²) < 4.78 is 5.09. The minimum absolute atomic E-state index is 0.175. The van der Waals surface area contributed by atoms with Gasteiger partial charge in [-0.15, -0.1) is 0 Å². The van der Waals surface area contributed by atoms with E-state index >= 15 is 0 Å². The van der Waals surface area contributed by atoms with Gasteiger partial charge in [0.25, 0.3) is 0 Å². The summed E-state index contributed by atoms with van der Waals surface area (Å²) in [7, 11) is 0. The Morgan fingerprint density at radius 1 is 1.46 bits per heavy atom. The summed E-state index contributed by atoms with van der Waals surface area (Å²) in [6, 6.07) is 0. The predicted molar refractivity (Wildman–Crippen MR) is 46.6 cm³/mol. The van der Waals surface area contributed by atoms with Crippen molar-refractivity contribution < 1.29 is 14.9 Å². The van der Waals surface area contributed by atoms with E-state index in [1.807, 2.05) is 0 Å². The molecular formula is C7H17N3O3. The highest BCUT2D eigenvalue weighted by atomic mass is 16.5. The first-order valence-corrected chi connectivity index (χ1v) is 4.29. The summed E-state index contributed by atoms with van der Waals surface area (Å²) in [5.74, 6) is 0. The fourth-order valence-electron chi connectivity index (χ4n) is 1.24. The average molecular weight is 191 g/mol. The normalized spacial score (nSPS) is 26.8. The lowest BCUT2D eigenvalue weighted by atomic mass is 10.1. The molecule has 0 aromatic carbocycles. The summed E-state index contributed by atoms with van der Waals surface area (Å²) in [5, 5.41) is 19.1. The van der Waals surface area contributed by atoms with E-state index in [2.05, 4.69) is 0 Å². The lowest BCUT2D eigenvalue weighted by molar-refractivity contribution is -0.160. The van der Waals surface area contributed by atoms with Gasteiger partial charge in [0.2, 0.25) is 0 Å². The molecule has 0 aromatic rings. The molecule has 1 saturated heterocycles. The number of ether oxygens (including phenoxy) is 1. The van der Waals surface area contributed by atoms with Crippen LogP contribution in [0.1, 0.15) is 0 Å². The molecule has 0 saturated carbocycles. The van der Waals surface area contributed by atoms with E-state index in [-0.39, 0.29) is 6.54 Å². The number of nitrogens with two attached hydrogens (primary N) is 2. The van der Waals surface area contributed by atoms with Gasteiger partial charge in [0.15, 0.2) is 12.0 Å². The standard InChI is InChI=1S/C7H17N3O3/c8-5-7(9,12)6(11)10-1-3-13-4-2-10/h6,11-12H,1-5,8-9H2. The van der Waals surface area contributed by atoms with Crippen LogP contribution in [0.5, 0.6) is 0 Å². The molecule has 0 aromatic heterocycles. The highest BCUT2D eigenvalue weighted by Crippen LogP contribution is 2.09. The van der Waals surface area contributed by atoms with Crippen molar-refractivity contribution >= 4 is 0 Å². The highest BCUT2D eigenvalue weighted by Gasteiger charge is 2.34. The van der Waals surface area contributed by atoms with Gasteiger partial charge in [-0.2, -0.15) is 0 Å². The first-order valence-electron chi connectivity index (χ1n) is 4.29. The first kappa shape index (κ1) is 10.8. The fraction of sp³-hybridized carbons (Fsp3) is 1.00. The molecule has 1 aliphatic heterocycles. The fourth-order valence-corrected chi connectivity index (χ4v) is 1.24. The number of hydrogen-bond donors (Lipinski definition) is 4. The number of morpholine rings is 1. The van der Waals surface area contributed by atoms with Crippen LogP contribution >= 0.6 is 0 Å². The third-order valence-corrected chi connectivity index (χ3v) is 2.17. The van der Waals surface area contributed by atoms with Crippen LogP contribution in [0.15, 0.2) is 0 Å². The van der Waals surface area contributed by atoms with E-state index in [0.29, 0.717) is 26.3 Å². The zero-order valence-electron chi connectivity index (χ0n) is 7.52. The predicted octanol–water partition coefficient (Wildman–Crippen LogP) is -2.76.